The van der Waals surface area contributed by atoms with E-state index in [0.29, 0.717) is 0 Å². The lowest BCUT2D eigenvalue weighted by molar-refractivity contribution is -0.259. The number of allylic oxidation sites excluding steroid dienone is 5. The van der Waals surface area contributed by atoms with Crippen molar-refractivity contribution in [1.29, 1.82) is 10.5 Å². The van der Waals surface area contributed by atoms with Crippen molar-refractivity contribution >= 4 is 58.3 Å². The van der Waals surface area contributed by atoms with Gasteiger partial charge in [-0.3, -0.25) is 0 Å². The van der Waals surface area contributed by atoms with Crippen LogP contribution >= 0.6 is 46.6 Å². The predicted molar refractivity (Wildman–Crippen MR) is 145 cm³/mol. The molecule has 0 bridgehead atoms. The fraction of sp³-hybridized carbons (Fsp3) is 0.259. The Morgan fingerprint density at radius 3 is 2.13 bits per heavy atom. The number of rotatable bonds is 4. The number of fused-ring (bicyclic) bond motifs is 1. The van der Waals surface area contributed by atoms with Crippen LogP contribution < -0.4 is 0 Å². The minimum absolute atomic E-state index is 0.0937. The van der Waals surface area contributed by atoms with Gasteiger partial charge in [0, 0.05) is 40.2 Å². The highest BCUT2D eigenvalue weighted by Crippen LogP contribution is 2.66. The molecule has 1 unspecified atom stereocenters. The minimum Gasteiger partial charge on any atom is -0.194 e. The van der Waals surface area contributed by atoms with Crippen LogP contribution in [0, 0.1) is 29.6 Å². The summed E-state index contributed by atoms with van der Waals surface area (Å²) in [5.41, 5.74) is -3.72. The zero-order valence-electron chi connectivity index (χ0n) is 20.1. The van der Waals surface area contributed by atoms with E-state index in [0.717, 1.165) is 37.5 Å². The Labute approximate surface area is 237 Å². The highest BCUT2D eigenvalue weighted by molar-refractivity contribution is 8.24. The summed E-state index contributed by atoms with van der Waals surface area (Å²) in [7, 11) is 0. The van der Waals surface area contributed by atoms with E-state index in [-0.39, 0.29) is 32.2 Å². The fourth-order valence-electron chi connectivity index (χ4n) is 4.66. The Morgan fingerprint density at radius 2 is 1.54 bits per heavy atom. The van der Waals surface area contributed by atoms with Gasteiger partial charge >= 0.3 is 17.8 Å². The standard InChI is InChI=1S/C27H16F6N2S4/c1-13-18(8-16(36-13)7-15(11-34)12-35)23-24(26(30,31)27(32,33)25(23,28)29)19-9-17(37-14(19)2)10-22-38-20-5-3-4-6-21(20)39-22/h3-8,10,17H,9H2,1-2H3. The summed E-state index contributed by atoms with van der Waals surface area (Å²) in [6.07, 6.45) is 2.86. The summed E-state index contributed by atoms with van der Waals surface area (Å²) < 4.78 is 91.9. The number of nitrogens with zero attached hydrogens (tertiary/aromatic N) is 2. The van der Waals surface area contributed by atoms with Gasteiger partial charge in [0.25, 0.3) is 0 Å². The molecule has 0 saturated carbocycles. The molecule has 2 aliphatic heterocycles. The van der Waals surface area contributed by atoms with Gasteiger partial charge < -0.3 is 0 Å². The van der Waals surface area contributed by atoms with E-state index in [1.807, 2.05) is 30.3 Å². The molecule has 1 aromatic heterocycles. The van der Waals surface area contributed by atoms with E-state index in [2.05, 4.69) is 0 Å². The maximum Gasteiger partial charge on any atom is 0.380 e. The molecule has 1 atom stereocenters. The number of nitriles is 2. The summed E-state index contributed by atoms with van der Waals surface area (Å²) >= 11 is 5.06. The Bertz CT molecular complexity index is 1560. The number of halogens is 6. The van der Waals surface area contributed by atoms with Crippen LogP contribution in [0.1, 0.15) is 28.7 Å². The second-order valence-electron chi connectivity index (χ2n) is 8.91. The molecule has 0 radical (unpaired) electrons. The molecule has 1 aliphatic carbocycles. The summed E-state index contributed by atoms with van der Waals surface area (Å²) in [4.78, 5) is 2.61. The summed E-state index contributed by atoms with van der Waals surface area (Å²) in [6.45, 7) is 2.84. The molecule has 0 fully saturated rings. The third kappa shape index (κ3) is 4.46. The van der Waals surface area contributed by atoms with E-state index in [1.165, 1.54) is 49.1 Å². The van der Waals surface area contributed by atoms with Crippen molar-refractivity contribution in [1.82, 2.24) is 0 Å². The molecule has 0 spiro atoms. The Morgan fingerprint density at radius 1 is 0.949 bits per heavy atom. The minimum atomic E-state index is -5.65. The summed E-state index contributed by atoms with van der Waals surface area (Å²) in [5.74, 6) is -15.9. The van der Waals surface area contributed by atoms with E-state index in [4.69, 9.17) is 10.5 Å². The van der Waals surface area contributed by atoms with Gasteiger partial charge in [-0.05, 0) is 60.6 Å². The van der Waals surface area contributed by atoms with Crippen LogP contribution in [-0.4, -0.2) is 23.0 Å². The summed E-state index contributed by atoms with van der Waals surface area (Å²) in [5, 5.41) is 17.6. The van der Waals surface area contributed by atoms with Crippen molar-refractivity contribution < 1.29 is 26.3 Å². The van der Waals surface area contributed by atoms with E-state index >= 15 is 17.6 Å². The van der Waals surface area contributed by atoms with Crippen LogP contribution in [-0.2, 0) is 0 Å². The van der Waals surface area contributed by atoms with Crippen LogP contribution in [0.4, 0.5) is 26.3 Å². The molecule has 5 rings (SSSR count). The second-order valence-corrected chi connectivity index (χ2v) is 14.1. The van der Waals surface area contributed by atoms with Gasteiger partial charge in [0.15, 0.2) is 0 Å². The second kappa shape index (κ2) is 9.84. The number of thioether (sulfide) groups is 3. The fourth-order valence-corrected chi connectivity index (χ4v) is 9.53. The zero-order valence-corrected chi connectivity index (χ0v) is 23.4. The van der Waals surface area contributed by atoms with Crippen molar-refractivity contribution in [2.75, 3.05) is 0 Å². The first-order valence-electron chi connectivity index (χ1n) is 11.4. The highest BCUT2D eigenvalue weighted by Gasteiger charge is 2.80. The lowest BCUT2D eigenvalue weighted by atomic mass is 9.92. The molecular weight excluding hydrogens is 595 g/mol. The number of aryl methyl sites for hydroxylation is 1. The lowest BCUT2D eigenvalue weighted by Crippen LogP contribution is -2.49. The average molecular weight is 611 g/mol. The van der Waals surface area contributed by atoms with Crippen LogP contribution in [0.2, 0.25) is 0 Å². The van der Waals surface area contributed by atoms with Crippen molar-refractivity contribution in [3.8, 4) is 12.1 Å². The van der Waals surface area contributed by atoms with Gasteiger partial charge in [-0.15, -0.1) is 23.1 Å². The molecule has 1 aromatic carbocycles. The molecule has 2 aromatic rings. The monoisotopic (exact) mass is 610 g/mol. The summed E-state index contributed by atoms with van der Waals surface area (Å²) in [6, 6.07) is 12.0. The number of hydrogen-bond acceptors (Lipinski definition) is 6. The molecule has 0 amide bonds. The number of thiophene rings is 1. The van der Waals surface area contributed by atoms with Crippen LogP contribution in [0.3, 0.4) is 0 Å². The largest absolute Gasteiger partial charge is 0.380 e. The molecular formula is C27H16F6N2S4. The Balaban J connectivity index is 1.59. The van der Waals surface area contributed by atoms with Gasteiger partial charge in [0.2, 0.25) is 0 Å². The maximum absolute atomic E-state index is 15.4. The normalized spacial score (nSPS) is 22.5. The molecule has 200 valence electrons. The molecule has 3 aliphatic rings. The third-order valence-corrected chi connectivity index (χ3v) is 11.1. The third-order valence-electron chi connectivity index (χ3n) is 6.45. The highest BCUT2D eigenvalue weighted by atomic mass is 32.2. The van der Waals surface area contributed by atoms with Crippen LogP contribution in [0.25, 0.3) is 11.6 Å². The topological polar surface area (TPSA) is 47.6 Å². The molecule has 2 nitrogen and oxygen atoms in total. The van der Waals surface area contributed by atoms with Gasteiger partial charge in [-0.2, -0.15) is 36.9 Å². The number of alkyl halides is 6. The SMILES string of the molecule is CC1=C(C2=C(c3cc(C=C(C#N)C#N)sc3C)C(F)(F)C(F)(F)C2(F)F)CC(C=C2Sc3ccccc3S2)S1. The van der Waals surface area contributed by atoms with Gasteiger partial charge in [0.05, 0.1) is 0 Å². The smallest absolute Gasteiger partial charge is 0.194 e. The van der Waals surface area contributed by atoms with E-state index < -0.39 is 39.7 Å². The molecule has 3 heterocycles. The van der Waals surface area contributed by atoms with E-state index in [1.54, 1.807) is 12.1 Å². The van der Waals surface area contributed by atoms with Crippen molar-refractivity contribution in [3.05, 3.63) is 77.6 Å². The van der Waals surface area contributed by atoms with Crippen molar-refractivity contribution in [3.63, 3.8) is 0 Å². The average Bonchev–Trinajstić information content (AvgIpc) is 3.57. The Hall–Kier alpha value is -2.51. The maximum atomic E-state index is 15.4. The Kier molecular flexibility index (Phi) is 7.08. The lowest BCUT2D eigenvalue weighted by Gasteiger charge is -2.26. The first-order valence-corrected chi connectivity index (χ1v) is 14.7. The first kappa shape index (κ1) is 28.0. The molecule has 0 saturated heterocycles. The van der Waals surface area contributed by atoms with Gasteiger partial charge in [-0.25, -0.2) is 0 Å². The zero-order chi connectivity index (χ0) is 28.3. The first-order chi connectivity index (χ1) is 18.3. The van der Waals surface area contributed by atoms with E-state index in [9.17, 15) is 8.78 Å². The molecule has 0 N–H and O–H groups in total. The van der Waals surface area contributed by atoms with Crippen molar-refractivity contribution in [2.24, 2.45) is 0 Å². The number of benzene rings is 1. The molecule has 12 heteroatoms. The van der Waals surface area contributed by atoms with Gasteiger partial charge in [0.1, 0.15) is 17.7 Å². The quantitative estimate of drug-likeness (QED) is 0.255. The molecule has 39 heavy (non-hydrogen) atoms. The van der Waals surface area contributed by atoms with Crippen LogP contribution in [0.15, 0.2) is 72.1 Å². The predicted octanol–water partition coefficient (Wildman–Crippen LogP) is 9.68. The number of hydrogen-bond donors (Lipinski definition) is 0. The van der Waals surface area contributed by atoms with Crippen LogP contribution in [0.5, 0.6) is 0 Å². The van der Waals surface area contributed by atoms with Crippen molar-refractivity contribution in [2.45, 2.75) is 53.1 Å². The van der Waals surface area contributed by atoms with Gasteiger partial charge in [-0.1, -0.05) is 41.7 Å².